The van der Waals surface area contributed by atoms with E-state index in [2.05, 4.69) is 4.98 Å². The lowest BCUT2D eigenvalue weighted by molar-refractivity contribution is -0.137. The van der Waals surface area contributed by atoms with Gasteiger partial charge in [-0.15, -0.1) is 4.68 Å². The van der Waals surface area contributed by atoms with E-state index < -0.39 is 55.7 Å². The number of ether oxygens (including phenoxy) is 1. The Morgan fingerprint density at radius 2 is 1.91 bits per heavy atom. The predicted octanol–water partition coefficient (Wildman–Crippen LogP) is 1.89. The number of rotatable bonds is 5. The van der Waals surface area contributed by atoms with Gasteiger partial charge in [-0.1, -0.05) is 18.3 Å². The van der Waals surface area contributed by atoms with Crippen LogP contribution in [-0.4, -0.2) is 46.6 Å². The van der Waals surface area contributed by atoms with Gasteiger partial charge in [0, 0.05) is 12.4 Å². The number of aromatic amines is 1. The molecule has 0 atom stereocenters. The van der Waals surface area contributed by atoms with Crippen molar-refractivity contribution in [2.45, 2.75) is 26.9 Å². The maximum Gasteiger partial charge on any atom is 0.444 e. The normalized spacial score (nSPS) is 12.4. The third-order valence-corrected chi connectivity index (χ3v) is 5.52. The van der Waals surface area contributed by atoms with Gasteiger partial charge in [-0.05, 0) is 25.0 Å². The molecule has 1 aromatic carbocycles. The van der Waals surface area contributed by atoms with Crippen LogP contribution in [0.5, 0.6) is 0 Å². The number of H-pyrrole nitrogens is 1. The molecular formula is C19H20F3N5O6S. The van der Waals surface area contributed by atoms with Crippen molar-refractivity contribution in [3.05, 3.63) is 56.8 Å². The summed E-state index contributed by atoms with van der Waals surface area (Å²) in [4.78, 5) is 44.2. The van der Waals surface area contributed by atoms with Crippen molar-refractivity contribution >= 4 is 27.0 Å². The Kier molecular flexibility index (Phi) is 6.34. The fraction of sp³-hybridized carbons (Fsp3) is 0.368. The summed E-state index contributed by atoms with van der Waals surface area (Å²) in [7, 11) is -4.56. The highest BCUT2D eigenvalue weighted by molar-refractivity contribution is 7.92. The van der Waals surface area contributed by atoms with E-state index in [0.717, 1.165) is 10.6 Å². The molecule has 1 amide bonds. The van der Waals surface area contributed by atoms with E-state index >= 15 is 0 Å². The molecule has 0 unspecified atom stereocenters. The maximum absolute atomic E-state index is 13.8. The number of sulfonamides is 1. The summed E-state index contributed by atoms with van der Waals surface area (Å²) in [6, 6.07) is 1.39. The Morgan fingerprint density at radius 1 is 1.26 bits per heavy atom. The molecule has 0 spiro atoms. The summed E-state index contributed by atoms with van der Waals surface area (Å²) in [5, 5.41) is -0.485. The van der Waals surface area contributed by atoms with Crippen LogP contribution in [0.2, 0.25) is 0 Å². The number of hydrogen-bond donors (Lipinski definition) is 1. The first-order chi connectivity index (χ1) is 15.6. The third kappa shape index (κ3) is 4.69. The van der Waals surface area contributed by atoms with Gasteiger partial charge in [0.25, 0.3) is 15.6 Å². The zero-order valence-electron chi connectivity index (χ0n) is 18.4. The molecule has 0 fully saturated rings. The molecule has 0 saturated heterocycles. The summed E-state index contributed by atoms with van der Waals surface area (Å²) < 4.78 is 71.6. The van der Waals surface area contributed by atoms with Crippen LogP contribution in [0.3, 0.4) is 0 Å². The molecule has 2 aromatic heterocycles. The van der Waals surface area contributed by atoms with Crippen LogP contribution in [0.1, 0.15) is 25.2 Å². The van der Waals surface area contributed by atoms with Crippen LogP contribution >= 0.6 is 0 Å². The minimum absolute atomic E-state index is 0.0296. The average Bonchev–Trinajstić information content (AvgIpc) is 3.12. The topological polar surface area (TPSA) is 136 Å². The highest BCUT2D eigenvalue weighted by Gasteiger charge is 2.36. The molecule has 15 heteroatoms. The van der Waals surface area contributed by atoms with Crippen molar-refractivity contribution in [1.82, 2.24) is 19.2 Å². The molecule has 0 saturated carbocycles. The Balaban J connectivity index is 2.36. The van der Waals surface area contributed by atoms with Crippen LogP contribution in [-0.2, 0) is 20.9 Å². The number of benzene rings is 1. The number of fused-ring (bicyclic) bond motifs is 1. The lowest BCUT2D eigenvalue weighted by Crippen LogP contribution is -2.56. The molecule has 0 radical (unpaired) electrons. The largest absolute Gasteiger partial charge is 0.447 e. The van der Waals surface area contributed by atoms with Crippen LogP contribution in [0.4, 0.5) is 18.0 Å². The average molecular weight is 503 g/mol. The number of halogens is 3. The van der Waals surface area contributed by atoms with Gasteiger partial charge in [0.2, 0.25) is 0 Å². The second kappa shape index (κ2) is 8.62. The molecule has 0 aliphatic heterocycles. The van der Waals surface area contributed by atoms with Crippen molar-refractivity contribution in [3.63, 3.8) is 0 Å². The number of aromatic nitrogens is 4. The monoisotopic (exact) mass is 503 g/mol. The van der Waals surface area contributed by atoms with Gasteiger partial charge in [0.1, 0.15) is 5.82 Å². The lowest BCUT2D eigenvalue weighted by atomic mass is 10.1. The van der Waals surface area contributed by atoms with Gasteiger partial charge >= 0.3 is 18.0 Å². The Morgan fingerprint density at radius 3 is 2.41 bits per heavy atom. The fourth-order valence-electron chi connectivity index (χ4n) is 3.13. The number of carbonyl (C=O) groups is 1. The smallest absolute Gasteiger partial charge is 0.444 e. The van der Waals surface area contributed by atoms with E-state index in [-0.39, 0.29) is 27.4 Å². The second-order valence-corrected chi connectivity index (χ2v) is 9.59. The summed E-state index contributed by atoms with van der Waals surface area (Å²) >= 11 is 0. The van der Waals surface area contributed by atoms with Crippen LogP contribution in [0.15, 0.2) is 34.1 Å². The van der Waals surface area contributed by atoms with Gasteiger partial charge in [-0.25, -0.2) is 23.0 Å². The van der Waals surface area contributed by atoms with Crippen molar-refractivity contribution < 1.29 is 31.1 Å². The molecule has 34 heavy (non-hydrogen) atoms. The SMILES string of the molecule is Cc1nccn1-c1cc2c(=O)n(N(C(=O)OCC(C)C)S(C)(=O)=O)c(=O)[nH]c2cc1C(F)(F)F. The minimum Gasteiger partial charge on any atom is -0.447 e. The molecule has 0 aliphatic carbocycles. The Hall–Kier alpha value is -3.62. The van der Waals surface area contributed by atoms with E-state index in [0.29, 0.717) is 12.3 Å². The molecule has 1 N–H and O–H groups in total. The molecule has 11 nitrogen and oxygen atoms in total. The summed E-state index contributed by atoms with van der Waals surface area (Å²) in [6.45, 7) is 4.56. The number of carbonyl (C=O) groups excluding carboxylic acids is 1. The lowest BCUT2D eigenvalue weighted by Gasteiger charge is -2.21. The van der Waals surface area contributed by atoms with Gasteiger partial charge < -0.3 is 14.3 Å². The van der Waals surface area contributed by atoms with E-state index in [4.69, 9.17) is 4.74 Å². The molecule has 3 aromatic rings. The quantitative estimate of drug-likeness (QED) is 0.562. The van der Waals surface area contributed by atoms with Gasteiger partial charge in [-0.3, -0.25) is 4.79 Å². The first-order valence-electron chi connectivity index (χ1n) is 9.71. The highest BCUT2D eigenvalue weighted by Crippen LogP contribution is 2.35. The molecule has 184 valence electrons. The van der Waals surface area contributed by atoms with E-state index in [9.17, 15) is 36.0 Å². The number of amides is 1. The zero-order chi connectivity index (χ0) is 25.6. The second-order valence-electron chi connectivity index (χ2n) is 7.78. The first kappa shape index (κ1) is 25.0. The number of aryl methyl sites for hydroxylation is 1. The highest BCUT2D eigenvalue weighted by atomic mass is 32.2. The Labute approximate surface area is 190 Å². The minimum atomic E-state index is -4.87. The summed E-state index contributed by atoms with van der Waals surface area (Å²) in [6.07, 6.45) is -3.35. The Bertz CT molecular complexity index is 1490. The van der Waals surface area contributed by atoms with Gasteiger partial charge in [-0.2, -0.15) is 13.2 Å². The van der Waals surface area contributed by atoms with E-state index in [1.807, 2.05) is 4.98 Å². The third-order valence-electron chi connectivity index (χ3n) is 4.58. The number of alkyl halides is 3. The van der Waals surface area contributed by atoms with Crippen LogP contribution < -0.4 is 15.7 Å². The maximum atomic E-state index is 13.8. The van der Waals surface area contributed by atoms with Gasteiger partial charge in [0.05, 0.1) is 35.0 Å². The fourth-order valence-corrected chi connectivity index (χ4v) is 3.89. The zero-order valence-corrected chi connectivity index (χ0v) is 19.2. The summed E-state index contributed by atoms with van der Waals surface area (Å²) in [5.41, 5.74) is -4.98. The number of nitrogens with one attached hydrogen (secondary N) is 1. The van der Waals surface area contributed by atoms with Crippen molar-refractivity contribution in [2.75, 3.05) is 17.3 Å². The molecule has 0 aliphatic rings. The molecule has 0 bridgehead atoms. The number of hydrogen-bond acceptors (Lipinski definition) is 7. The number of nitrogens with zero attached hydrogens (tertiary/aromatic N) is 4. The molecular weight excluding hydrogens is 483 g/mol. The van der Waals surface area contributed by atoms with Crippen LogP contribution in [0, 0.1) is 12.8 Å². The van der Waals surface area contributed by atoms with Gasteiger partial charge in [0.15, 0.2) is 0 Å². The van der Waals surface area contributed by atoms with Crippen LogP contribution in [0.25, 0.3) is 16.6 Å². The first-order valence-corrected chi connectivity index (χ1v) is 11.6. The predicted molar refractivity (Wildman–Crippen MR) is 115 cm³/mol. The molecule has 2 heterocycles. The molecule has 3 rings (SSSR count). The standard InChI is InChI=1S/C19H20F3N5O6S/c1-10(2)9-33-18(30)27(34(4,31)32)26-16(28)12-7-15(25-6-5-23-11(25)3)13(19(20,21)22)8-14(12)24-17(26)29/h5-8,10H,9H2,1-4H3,(H,24,29). The van der Waals surface area contributed by atoms with Crippen molar-refractivity contribution in [3.8, 4) is 5.69 Å². The van der Waals surface area contributed by atoms with E-state index in [1.54, 1.807) is 13.8 Å². The van der Waals surface area contributed by atoms with Crippen molar-refractivity contribution in [1.29, 1.82) is 0 Å². The van der Waals surface area contributed by atoms with Crippen molar-refractivity contribution in [2.24, 2.45) is 5.92 Å². The van der Waals surface area contributed by atoms with E-state index in [1.165, 1.54) is 19.3 Å². The summed E-state index contributed by atoms with van der Waals surface area (Å²) in [5.74, 6) is -0.0247. The number of imidazole rings is 1.